The normalized spacial score (nSPS) is 10.5. The topological polar surface area (TPSA) is 76.8 Å². The number of amides is 2. The molecule has 0 fully saturated rings. The van der Waals surface area contributed by atoms with Crippen molar-refractivity contribution >= 4 is 17.5 Å². The minimum atomic E-state index is -0.314. The van der Waals surface area contributed by atoms with E-state index in [1.807, 2.05) is 55.1 Å². The highest BCUT2D eigenvalue weighted by atomic mass is 16.2. The molecule has 1 aromatic carbocycles. The van der Waals surface area contributed by atoms with E-state index in [2.05, 4.69) is 20.7 Å². The molecule has 3 rings (SSSR count). The fourth-order valence-corrected chi connectivity index (χ4v) is 2.18. The summed E-state index contributed by atoms with van der Waals surface area (Å²) in [6.45, 7) is 2.68. The van der Waals surface area contributed by atoms with Gasteiger partial charge in [-0.05, 0) is 24.6 Å². The van der Waals surface area contributed by atoms with Crippen molar-refractivity contribution in [2.75, 3.05) is 10.6 Å². The number of aromatic nitrogens is 4. The van der Waals surface area contributed by atoms with Crippen LogP contribution < -0.4 is 10.6 Å². The molecule has 2 N–H and O–H groups in total. The summed E-state index contributed by atoms with van der Waals surface area (Å²) in [6.07, 6.45) is 5.43. The van der Waals surface area contributed by atoms with Crippen molar-refractivity contribution in [2.45, 2.75) is 13.5 Å². The average molecular weight is 310 g/mol. The van der Waals surface area contributed by atoms with Crippen LogP contribution in [-0.4, -0.2) is 25.4 Å². The molecule has 0 aliphatic rings. The van der Waals surface area contributed by atoms with Crippen LogP contribution in [0.1, 0.15) is 11.3 Å². The van der Waals surface area contributed by atoms with Crippen molar-refractivity contribution in [2.24, 2.45) is 7.05 Å². The Bertz CT molecular complexity index is 769. The molecule has 2 amide bonds. The zero-order valence-electron chi connectivity index (χ0n) is 13.0. The standard InChI is InChI=1S/C16H18N6O/c1-12-9-15(20-21(12)2)19-16(23)18-14-5-3-13(4-6-14)10-22-8-7-17-11-22/h3-9,11H,10H2,1-2H3,(H2,18,19,20,23). The Balaban J connectivity index is 1.58. The first-order valence-electron chi connectivity index (χ1n) is 7.23. The number of aryl methyl sites for hydroxylation is 2. The summed E-state index contributed by atoms with van der Waals surface area (Å²) in [5.74, 6) is 0.527. The molecule has 0 spiro atoms. The Morgan fingerprint density at radius 2 is 2.00 bits per heavy atom. The summed E-state index contributed by atoms with van der Waals surface area (Å²) in [6, 6.07) is 9.19. The van der Waals surface area contributed by atoms with E-state index in [1.165, 1.54) is 0 Å². The van der Waals surface area contributed by atoms with E-state index in [9.17, 15) is 4.79 Å². The third-order valence-corrected chi connectivity index (χ3v) is 3.49. The van der Waals surface area contributed by atoms with E-state index in [4.69, 9.17) is 0 Å². The zero-order valence-corrected chi connectivity index (χ0v) is 13.0. The maximum Gasteiger partial charge on any atom is 0.324 e. The van der Waals surface area contributed by atoms with Crippen LogP contribution in [0.4, 0.5) is 16.3 Å². The van der Waals surface area contributed by atoms with E-state index in [0.717, 1.165) is 23.5 Å². The van der Waals surface area contributed by atoms with Crippen LogP contribution in [0.5, 0.6) is 0 Å². The Morgan fingerprint density at radius 1 is 1.22 bits per heavy atom. The molecule has 0 bridgehead atoms. The van der Waals surface area contributed by atoms with Gasteiger partial charge in [0.2, 0.25) is 0 Å². The lowest BCUT2D eigenvalue weighted by Gasteiger charge is -2.07. The number of nitrogens with one attached hydrogen (secondary N) is 2. The number of benzene rings is 1. The molecule has 7 heteroatoms. The van der Waals surface area contributed by atoms with Crippen molar-refractivity contribution in [3.63, 3.8) is 0 Å². The van der Waals surface area contributed by atoms with Gasteiger partial charge in [-0.15, -0.1) is 0 Å². The Morgan fingerprint density at radius 3 is 2.61 bits per heavy atom. The second-order valence-corrected chi connectivity index (χ2v) is 5.31. The molecule has 7 nitrogen and oxygen atoms in total. The van der Waals surface area contributed by atoms with Gasteiger partial charge in [0.05, 0.1) is 6.33 Å². The zero-order chi connectivity index (χ0) is 16.2. The minimum absolute atomic E-state index is 0.314. The van der Waals surface area contributed by atoms with Crippen LogP contribution >= 0.6 is 0 Å². The van der Waals surface area contributed by atoms with Gasteiger partial charge in [-0.3, -0.25) is 10.00 Å². The van der Waals surface area contributed by atoms with Crippen molar-refractivity contribution in [1.82, 2.24) is 19.3 Å². The lowest BCUT2D eigenvalue weighted by Crippen LogP contribution is -2.19. The maximum absolute atomic E-state index is 12.0. The Hall–Kier alpha value is -3.09. The first-order valence-corrected chi connectivity index (χ1v) is 7.23. The second kappa shape index (κ2) is 6.35. The van der Waals surface area contributed by atoms with Crippen molar-refractivity contribution in [3.05, 3.63) is 60.3 Å². The lowest BCUT2D eigenvalue weighted by atomic mass is 10.2. The first-order chi connectivity index (χ1) is 11.1. The van der Waals surface area contributed by atoms with Crippen LogP contribution in [0.25, 0.3) is 0 Å². The van der Waals surface area contributed by atoms with Gasteiger partial charge < -0.3 is 9.88 Å². The predicted octanol–water partition coefficient (Wildman–Crippen LogP) is 2.62. The molecule has 0 radical (unpaired) electrons. The number of carbonyl (C=O) groups excluding carboxylic acids is 1. The Labute approximate surface area is 134 Å². The fraction of sp³-hybridized carbons (Fsp3) is 0.188. The summed E-state index contributed by atoms with van der Waals surface area (Å²) in [4.78, 5) is 16.0. The summed E-state index contributed by atoms with van der Waals surface area (Å²) in [7, 11) is 1.83. The van der Waals surface area contributed by atoms with Crippen LogP contribution in [0, 0.1) is 6.92 Å². The molecule has 3 aromatic rings. The molecule has 0 aliphatic carbocycles. The number of rotatable bonds is 4. The van der Waals surface area contributed by atoms with Gasteiger partial charge >= 0.3 is 6.03 Å². The molecule has 0 unspecified atom stereocenters. The van der Waals surface area contributed by atoms with Crippen LogP contribution in [0.3, 0.4) is 0 Å². The summed E-state index contributed by atoms with van der Waals surface area (Å²) >= 11 is 0. The summed E-state index contributed by atoms with van der Waals surface area (Å²) in [5.41, 5.74) is 2.84. The van der Waals surface area contributed by atoms with Gasteiger partial charge in [-0.25, -0.2) is 9.78 Å². The molecule has 2 heterocycles. The van der Waals surface area contributed by atoms with Gasteiger partial charge in [0.15, 0.2) is 5.82 Å². The van der Waals surface area contributed by atoms with E-state index in [-0.39, 0.29) is 6.03 Å². The second-order valence-electron chi connectivity index (χ2n) is 5.31. The largest absolute Gasteiger partial charge is 0.333 e. The quantitative estimate of drug-likeness (QED) is 0.777. The molecule has 0 saturated carbocycles. The molecular formula is C16H18N6O. The van der Waals surface area contributed by atoms with Gasteiger partial charge in [0.1, 0.15) is 0 Å². The Kier molecular flexibility index (Phi) is 4.09. The van der Waals surface area contributed by atoms with Gasteiger partial charge in [0.25, 0.3) is 0 Å². The van der Waals surface area contributed by atoms with Crippen LogP contribution in [0.15, 0.2) is 49.1 Å². The highest BCUT2D eigenvalue weighted by Crippen LogP contribution is 2.12. The molecule has 0 saturated heterocycles. The first kappa shape index (κ1) is 14.8. The summed E-state index contributed by atoms with van der Waals surface area (Å²) < 4.78 is 3.69. The SMILES string of the molecule is Cc1cc(NC(=O)Nc2ccc(Cn3ccnc3)cc2)nn1C. The number of hydrogen-bond donors (Lipinski definition) is 2. The van der Waals surface area contributed by atoms with Gasteiger partial charge in [-0.2, -0.15) is 5.10 Å². The number of nitrogens with zero attached hydrogens (tertiary/aromatic N) is 4. The number of urea groups is 1. The number of hydrogen-bond acceptors (Lipinski definition) is 3. The third kappa shape index (κ3) is 3.76. The highest BCUT2D eigenvalue weighted by Gasteiger charge is 2.06. The van der Waals surface area contributed by atoms with E-state index < -0.39 is 0 Å². The maximum atomic E-state index is 12.0. The number of carbonyl (C=O) groups is 1. The number of anilines is 2. The van der Waals surface area contributed by atoms with Crippen molar-refractivity contribution < 1.29 is 4.79 Å². The molecule has 23 heavy (non-hydrogen) atoms. The van der Waals surface area contributed by atoms with Crippen LogP contribution in [0.2, 0.25) is 0 Å². The van der Waals surface area contributed by atoms with Crippen molar-refractivity contribution in [1.29, 1.82) is 0 Å². The molecule has 118 valence electrons. The van der Waals surface area contributed by atoms with Gasteiger partial charge in [-0.1, -0.05) is 12.1 Å². The van der Waals surface area contributed by atoms with Crippen LogP contribution in [-0.2, 0) is 13.6 Å². The van der Waals surface area contributed by atoms with E-state index in [0.29, 0.717) is 5.82 Å². The molecule has 0 atom stereocenters. The monoisotopic (exact) mass is 310 g/mol. The smallest absolute Gasteiger partial charge is 0.324 e. The fourth-order valence-electron chi connectivity index (χ4n) is 2.18. The average Bonchev–Trinajstić information content (AvgIpc) is 3.12. The van der Waals surface area contributed by atoms with E-state index >= 15 is 0 Å². The van der Waals surface area contributed by atoms with Gasteiger partial charge in [0, 0.05) is 43.4 Å². The summed E-state index contributed by atoms with van der Waals surface area (Å²) in [5, 5.41) is 9.68. The predicted molar refractivity (Wildman–Crippen MR) is 88.4 cm³/mol. The lowest BCUT2D eigenvalue weighted by molar-refractivity contribution is 0.262. The highest BCUT2D eigenvalue weighted by molar-refractivity contribution is 5.99. The molecule has 0 aliphatic heterocycles. The third-order valence-electron chi connectivity index (χ3n) is 3.49. The minimum Gasteiger partial charge on any atom is -0.333 e. The van der Waals surface area contributed by atoms with Crippen molar-refractivity contribution in [3.8, 4) is 0 Å². The molecule has 2 aromatic heterocycles. The van der Waals surface area contributed by atoms with E-state index in [1.54, 1.807) is 17.2 Å². The molecular weight excluding hydrogens is 292 g/mol. The number of imidazole rings is 1.